The lowest BCUT2D eigenvalue weighted by molar-refractivity contribution is 0.300. The second kappa shape index (κ2) is 7.67. The molecular formula is C13H23BrN4S. The number of hydrogen-bond donors (Lipinski definition) is 1. The number of aryl methyl sites for hydroxylation is 2. The Hall–Kier alpha value is -0.0400. The standard InChI is InChI=1S/C13H23BrN4S/c1-3-11-13(14)12(17(2)16-11)10-15-4-5-18-6-8-19-9-7-18/h15H,3-10H2,1-2H3. The maximum Gasteiger partial charge on any atom is 0.0767 e. The van der Waals surface area contributed by atoms with E-state index < -0.39 is 0 Å². The molecule has 108 valence electrons. The molecule has 1 aliphatic rings. The number of nitrogens with zero attached hydrogens (tertiary/aromatic N) is 3. The third-order valence-electron chi connectivity index (χ3n) is 3.50. The van der Waals surface area contributed by atoms with Crippen molar-refractivity contribution in [3.63, 3.8) is 0 Å². The van der Waals surface area contributed by atoms with E-state index in [0.717, 1.165) is 31.7 Å². The lowest BCUT2D eigenvalue weighted by Gasteiger charge is -2.26. The van der Waals surface area contributed by atoms with E-state index in [1.807, 2.05) is 11.7 Å². The van der Waals surface area contributed by atoms with E-state index in [1.54, 1.807) is 0 Å². The van der Waals surface area contributed by atoms with Crippen LogP contribution in [0.2, 0.25) is 0 Å². The fourth-order valence-corrected chi connectivity index (χ4v) is 4.02. The van der Waals surface area contributed by atoms with Crippen molar-refractivity contribution in [1.29, 1.82) is 0 Å². The Morgan fingerprint density at radius 2 is 2.11 bits per heavy atom. The van der Waals surface area contributed by atoms with Crippen molar-refractivity contribution in [3.05, 3.63) is 15.9 Å². The first-order valence-electron chi connectivity index (χ1n) is 6.93. The molecule has 0 unspecified atom stereocenters. The Morgan fingerprint density at radius 1 is 1.37 bits per heavy atom. The van der Waals surface area contributed by atoms with Crippen molar-refractivity contribution in [3.8, 4) is 0 Å². The average Bonchev–Trinajstić information content (AvgIpc) is 2.71. The van der Waals surface area contributed by atoms with E-state index >= 15 is 0 Å². The molecule has 0 amide bonds. The molecule has 6 heteroatoms. The minimum Gasteiger partial charge on any atom is -0.310 e. The van der Waals surface area contributed by atoms with Gasteiger partial charge < -0.3 is 10.2 Å². The van der Waals surface area contributed by atoms with Crippen LogP contribution >= 0.6 is 27.7 Å². The van der Waals surface area contributed by atoms with Gasteiger partial charge in [-0.05, 0) is 22.4 Å². The number of halogens is 1. The number of hydrogen-bond acceptors (Lipinski definition) is 4. The summed E-state index contributed by atoms with van der Waals surface area (Å²) in [6.07, 6.45) is 0.972. The molecule has 0 bridgehead atoms. The fourth-order valence-electron chi connectivity index (χ4n) is 2.28. The number of nitrogens with one attached hydrogen (secondary N) is 1. The van der Waals surface area contributed by atoms with E-state index in [4.69, 9.17) is 0 Å². The summed E-state index contributed by atoms with van der Waals surface area (Å²) in [6, 6.07) is 0. The van der Waals surface area contributed by atoms with E-state index in [1.165, 1.54) is 34.8 Å². The summed E-state index contributed by atoms with van der Waals surface area (Å²) < 4.78 is 3.15. The third-order valence-corrected chi connectivity index (χ3v) is 5.36. The monoisotopic (exact) mass is 346 g/mol. The summed E-state index contributed by atoms with van der Waals surface area (Å²) in [5, 5.41) is 8.04. The minimum atomic E-state index is 0.882. The highest BCUT2D eigenvalue weighted by Crippen LogP contribution is 2.21. The summed E-state index contributed by atoms with van der Waals surface area (Å²) in [5.74, 6) is 2.57. The van der Waals surface area contributed by atoms with Gasteiger partial charge in [0.25, 0.3) is 0 Å². The van der Waals surface area contributed by atoms with E-state index in [-0.39, 0.29) is 0 Å². The SMILES string of the molecule is CCc1nn(C)c(CNCCN2CCSCC2)c1Br. The topological polar surface area (TPSA) is 33.1 Å². The lowest BCUT2D eigenvalue weighted by Crippen LogP contribution is -2.37. The molecule has 2 heterocycles. The summed E-state index contributed by atoms with van der Waals surface area (Å²) >= 11 is 5.72. The van der Waals surface area contributed by atoms with Crippen LogP contribution in [0.3, 0.4) is 0 Å². The highest BCUT2D eigenvalue weighted by molar-refractivity contribution is 9.10. The molecule has 0 saturated carbocycles. The summed E-state index contributed by atoms with van der Waals surface area (Å²) in [4.78, 5) is 2.54. The number of aromatic nitrogens is 2. The Kier molecular flexibility index (Phi) is 6.19. The predicted molar refractivity (Wildman–Crippen MR) is 85.8 cm³/mol. The molecule has 1 fully saturated rings. The van der Waals surface area contributed by atoms with Gasteiger partial charge in [0.15, 0.2) is 0 Å². The van der Waals surface area contributed by atoms with Gasteiger partial charge in [-0.15, -0.1) is 0 Å². The van der Waals surface area contributed by atoms with Crippen molar-refractivity contribution in [2.75, 3.05) is 37.7 Å². The van der Waals surface area contributed by atoms with E-state index in [0.29, 0.717) is 0 Å². The first-order valence-corrected chi connectivity index (χ1v) is 8.88. The average molecular weight is 347 g/mol. The van der Waals surface area contributed by atoms with Gasteiger partial charge in [-0.3, -0.25) is 4.68 Å². The predicted octanol–water partition coefficient (Wildman–Crippen LogP) is 1.88. The molecule has 0 spiro atoms. The molecule has 0 aromatic carbocycles. The van der Waals surface area contributed by atoms with Crippen LogP contribution in [0.1, 0.15) is 18.3 Å². The fraction of sp³-hybridized carbons (Fsp3) is 0.769. The van der Waals surface area contributed by atoms with Crippen molar-refractivity contribution < 1.29 is 0 Å². The Bertz CT molecular complexity index is 402. The van der Waals surface area contributed by atoms with Crippen molar-refractivity contribution >= 4 is 27.7 Å². The number of thioether (sulfide) groups is 1. The number of rotatable bonds is 6. The molecule has 1 aromatic rings. The van der Waals surface area contributed by atoms with Gasteiger partial charge in [0.05, 0.1) is 15.9 Å². The third kappa shape index (κ3) is 4.21. The minimum absolute atomic E-state index is 0.882. The Labute approximate surface area is 128 Å². The van der Waals surface area contributed by atoms with Crippen LogP contribution in [0.5, 0.6) is 0 Å². The second-order valence-electron chi connectivity index (χ2n) is 4.82. The molecule has 0 radical (unpaired) electrons. The zero-order valence-electron chi connectivity index (χ0n) is 11.8. The molecule has 2 rings (SSSR count). The van der Waals surface area contributed by atoms with Gasteiger partial charge in [0.1, 0.15) is 0 Å². The van der Waals surface area contributed by atoms with Crippen LogP contribution in [0.25, 0.3) is 0 Å². The molecule has 1 aliphatic heterocycles. The molecule has 4 nitrogen and oxygen atoms in total. The smallest absolute Gasteiger partial charge is 0.0767 e. The van der Waals surface area contributed by atoms with Crippen LogP contribution in [-0.2, 0) is 20.0 Å². The van der Waals surface area contributed by atoms with Crippen molar-refractivity contribution in [1.82, 2.24) is 20.0 Å². The van der Waals surface area contributed by atoms with Crippen molar-refractivity contribution in [2.45, 2.75) is 19.9 Å². The normalized spacial score (nSPS) is 17.0. The van der Waals surface area contributed by atoms with Crippen LogP contribution < -0.4 is 5.32 Å². The van der Waals surface area contributed by atoms with Crippen LogP contribution in [0.4, 0.5) is 0 Å². The molecule has 1 saturated heterocycles. The van der Waals surface area contributed by atoms with Gasteiger partial charge in [0, 0.05) is 51.3 Å². The first kappa shape index (κ1) is 15.4. The van der Waals surface area contributed by atoms with Crippen LogP contribution in [-0.4, -0.2) is 52.4 Å². The molecule has 1 N–H and O–H groups in total. The van der Waals surface area contributed by atoms with Crippen molar-refractivity contribution in [2.24, 2.45) is 7.05 Å². The summed E-state index contributed by atoms with van der Waals surface area (Å²) in [7, 11) is 2.02. The summed E-state index contributed by atoms with van der Waals surface area (Å²) in [5.41, 5.74) is 2.39. The van der Waals surface area contributed by atoms with Gasteiger partial charge in [-0.2, -0.15) is 16.9 Å². The quantitative estimate of drug-likeness (QED) is 0.797. The first-order chi connectivity index (χ1) is 9.22. The lowest BCUT2D eigenvalue weighted by atomic mass is 10.3. The summed E-state index contributed by atoms with van der Waals surface area (Å²) in [6.45, 7) is 7.69. The Balaban J connectivity index is 1.74. The van der Waals surface area contributed by atoms with Crippen LogP contribution in [0.15, 0.2) is 4.47 Å². The van der Waals surface area contributed by atoms with Gasteiger partial charge in [0.2, 0.25) is 0 Å². The highest BCUT2D eigenvalue weighted by Gasteiger charge is 2.12. The van der Waals surface area contributed by atoms with E-state index in [2.05, 4.69) is 49.9 Å². The molecule has 0 atom stereocenters. The Morgan fingerprint density at radius 3 is 2.74 bits per heavy atom. The zero-order valence-corrected chi connectivity index (χ0v) is 14.2. The highest BCUT2D eigenvalue weighted by atomic mass is 79.9. The molecule has 0 aliphatic carbocycles. The zero-order chi connectivity index (χ0) is 13.7. The van der Waals surface area contributed by atoms with E-state index in [9.17, 15) is 0 Å². The van der Waals surface area contributed by atoms with Gasteiger partial charge >= 0.3 is 0 Å². The maximum absolute atomic E-state index is 4.51. The largest absolute Gasteiger partial charge is 0.310 e. The second-order valence-corrected chi connectivity index (χ2v) is 6.83. The van der Waals surface area contributed by atoms with Gasteiger partial charge in [-0.25, -0.2) is 0 Å². The maximum atomic E-state index is 4.51. The molecule has 19 heavy (non-hydrogen) atoms. The molecular weight excluding hydrogens is 324 g/mol. The van der Waals surface area contributed by atoms with Crippen LogP contribution in [0, 0.1) is 0 Å². The van der Waals surface area contributed by atoms with Gasteiger partial charge in [-0.1, -0.05) is 6.92 Å². The molecule has 1 aromatic heterocycles.